The highest BCUT2D eigenvalue weighted by atomic mass is 19.1. The molecule has 2 fully saturated rings. The van der Waals surface area contributed by atoms with E-state index in [0.717, 1.165) is 38.2 Å². The fourth-order valence-electron chi connectivity index (χ4n) is 5.36. The van der Waals surface area contributed by atoms with E-state index in [0.29, 0.717) is 5.75 Å². The van der Waals surface area contributed by atoms with Crippen molar-refractivity contribution in [3.63, 3.8) is 0 Å². The van der Waals surface area contributed by atoms with Gasteiger partial charge in [0.15, 0.2) is 6.17 Å². The van der Waals surface area contributed by atoms with E-state index >= 15 is 0 Å². The lowest BCUT2D eigenvalue weighted by atomic mass is 9.82. The first-order chi connectivity index (χ1) is 18.3. The van der Waals surface area contributed by atoms with Crippen molar-refractivity contribution in [3.8, 4) is 5.75 Å². The van der Waals surface area contributed by atoms with Crippen LogP contribution in [0.2, 0.25) is 0 Å². The van der Waals surface area contributed by atoms with Crippen molar-refractivity contribution in [3.05, 3.63) is 65.5 Å². The molecule has 202 valence electrons. The highest BCUT2D eigenvalue weighted by Crippen LogP contribution is 2.29. The summed E-state index contributed by atoms with van der Waals surface area (Å²) in [5, 5.41) is 12.4. The lowest BCUT2D eigenvalue weighted by Crippen LogP contribution is -2.57. The second kappa shape index (κ2) is 12.1. The van der Waals surface area contributed by atoms with Gasteiger partial charge < -0.3 is 25.0 Å². The van der Waals surface area contributed by atoms with Gasteiger partial charge in [-0.1, -0.05) is 31.4 Å². The minimum Gasteiger partial charge on any atom is -0.497 e. The summed E-state index contributed by atoms with van der Waals surface area (Å²) in [6.45, 7) is 0.123. The van der Waals surface area contributed by atoms with Crippen LogP contribution < -0.4 is 10.1 Å². The maximum atomic E-state index is 13.9. The number of amides is 3. The van der Waals surface area contributed by atoms with Gasteiger partial charge >= 0.3 is 5.97 Å². The van der Waals surface area contributed by atoms with Crippen LogP contribution in [0.1, 0.15) is 59.2 Å². The first kappa shape index (κ1) is 27.1. The first-order valence-electron chi connectivity index (χ1n) is 12.8. The summed E-state index contributed by atoms with van der Waals surface area (Å²) in [7, 11) is 1.48. The highest BCUT2D eigenvalue weighted by Gasteiger charge is 2.44. The van der Waals surface area contributed by atoms with Crippen molar-refractivity contribution in [1.29, 1.82) is 0 Å². The van der Waals surface area contributed by atoms with E-state index in [1.807, 2.05) is 0 Å². The fraction of sp³-hybridized carbons (Fsp3) is 0.429. The first-order valence-corrected chi connectivity index (χ1v) is 12.8. The number of nitrogens with zero attached hydrogens (tertiary/aromatic N) is 2. The van der Waals surface area contributed by atoms with Crippen LogP contribution in [0.4, 0.5) is 4.39 Å². The van der Waals surface area contributed by atoms with Crippen LogP contribution in [-0.2, 0) is 9.59 Å². The molecule has 2 atom stereocenters. The number of hydrogen-bond acceptors (Lipinski definition) is 5. The average Bonchev–Trinajstić information content (AvgIpc) is 3.37. The van der Waals surface area contributed by atoms with Crippen LogP contribution in [0.15, 0.2) is 48.5 Å². The number of halogens is 1. The molecule has 1 aliphatic heterocycles. The molecule has 0 radical (unpaired) electrons. The van der Waals surface area contributed by atoms with Crippen LogP contribution in [0.3, 0.4) is 0 Å². The monoisotopic (exact) mass is 525 g/mol. The summed E-state index contributed by atoms with van der Waals surface area (Å²) in [5.41, 5.74) is 0.324. The number of carboxylic acid groups (broad SMARTS) is 1. The van der Waals surface area contributed by atoms with Gasteiger partial charge in [-0.2, -0.15) is 0 Å². The molecule has 1 heterocycles. The Bertz CT molecular complexity index is 1200. The molecular weight excluding hydrogens is 493 g/mol. The van der Waals surface area contributed by atoms with Gasteiger partial charge in [0.25, 0.3) is 17.7 Å². The Hall–Kier alpha value is -3.95. The second-order valence-corrected chi connectivity index (χ2v) is 9.72. The summed E-state index contributed by atoms with van der Waals surface area (Å²) < 4.78 is 19.1. The molecule has 0 aromatic heterocycles. The third-order valence-corrected chi connectivity index (χ3v) is 7.26. The zero-order valence-corrected chi connectivity index (χ0v) is 21.3. The van der Waals surface area contributed by atoms with E-state index in [2.05, 4.69) is 5.32 Å². The standard InChI is InChI=1S/C28H32FN3O6/c1-38-22-12-6-10-20(16-22)28(37)32-14-13-31(27(36)19-9-5-11-21(29)15-19)26(32)25(35)30-23(17-24(33)34)18-7-3-2-4-8-18/h5-6,9-12,15-16,18,23,26H,2-4,7-8,13-14,17H2,1H3,(H,30,35)(H,33,34). The van der Waals surface area contributed by atoms with Crippen LogP contribution in [0, 0.1) is 11.7 Å². The summed E-state index contributed by atoms with van der Waals surface area (Å²) in [4.78, 5) is 54.9. The van der Waals surface area contributed by atoms with Gasteiger partial charge in [0.1, 0.15) is 11.6 Å². The minimum atomic E-state index is -1.33. The van der Waals surface area contributed by atoms with Crippen LogP contribution in [-0.4, -0.2) is 71.0 Å². The third kappa shape index (κ3) is 6.12. The molecule has 2 unspecified atom stereocenters. The van der Waals surface area contributed by atoms with E-state index in [9.17, 15) is 28.7 Å². The molecule has 9 nitrogen and oxygen atoms in total. The van der Waals surface area contributed by atoms with Gasteiger partial charge in [0.2, 0.25) is 0 Å². The quantitative estimate of drug-likeness (QED) is 0.546. The van der Waals surface area contributed by atoms with Crippen LogP contribution >= 0.6 is 0 Å². The fourth-order valence-corrected chi connectivity index (χ4v) is 5.36. The number of carbonyl (C=O) groups is 4. The molecule has 0 bridgehead atoms. The second-order valence-electron chi connectivity index (χ2n) is 9.72. The summed E-state index contributed by atoms with van der Waals surface area (Å²) in [6, 6.07) is 11.0. The maximum absolute atomic E-state index is 13.9. The van der Waals surface area contributed by atoms with Crippen molar-refractivity contribution in [2.75, 3.05) is 20.2 Å². The van der Waals surface area contributed by atoms with E-state index in [1.54, 1.807) is 24.3 Å². The molecular formula is C28H32FN3O6. The zero-order valence-electron chi connectivity index (χ0n) is 21.3. The number of hydrogen-bond donors (Lipinski definition) is 2. The number of carboxylic acids is 1. The van der Waals surface area contributed by atoms with Gasteiger partial charge in [0, 0.05) is 30.3 Å². The van der Waals surface area contributed by atoms with Gasteiger partial charge in [-0.15, -0.1) is 0 Å². The Morgan fingerprint density at radius 1 is 0.974 bits per heavy atom. The van der Waals surface area contributed by atoms with Crippen LogP contribution in [0.25, 0.3) is 0 Å². The summed E-state index contributed by atoms with van der Waals surface area (Å²) in [5.74, 6) is -2.91. The summed E-state index contributed by atoms with van der Waals surface area (Å²) >= 11 is 0. The van der Waals surface area contributed by atoms with Gasteiger partial charge in [0.05, 0.1) is 13.5 Å². The number of nitrogens with one attached hydrogen (secondary N) is 1. The van der Waals surface area contributed by atoms with Gasteiger partial charge in [-0.3, -0.25) is 19.2 Å². The van der Waals surface area contributed by atoms with E-state index in [-0.39, 0.29) is 36.6 Å². The van der Waals surface area contributed by atoms with E-state index < -0.39 is 41.7 Å². The number of aliphatic carboxylic acids is 1. The largest absolute Gasteiger partial charge is 0.497 e. The van der Waals surface area contributed by atoms with E-state index in [1.165, 1.54) is 35.1 Å². The predicted molar refractivity (Wildman–Crippen MR) is 136 cm³/mol. The number of carbonyl (C=O) groups excluding carboxylic acids is 3. The van der Waals surface area contributed by atoms with Crippen molar-refractivity contribution in [2.45, 2.75) is 50.7 Å². The lowest BCUT2D eigenvalue weighted by molar-refractivity contribution is -0.138. The lowest BCUT2D eigenvalue weighted by Gasteiger charge is -2.34. The number of rotatable bonds is 8. The van der Waals surface area contributed by atoms with E-state index in [4.69, 9.17) is 4.74 Å². The number of ether oxygens (including phenoxy) is 1. The number of benzene rings is 2. The molecule has 2 N–H and O–H groups in total. The molecule has 38 heavy (non-hydrogen) atoms. The molecule has 3 amide bonds. The Balaban J connectivity index is 1.65. The topological polar surface area (TPSA) is 116 Å². The Labute approximate surface area is 220 Å². The average molecular weight is 526 g/mol. The van der Waals surface area contributed by atoms with Gasteiger partial charge in [-0.25, -0.2) is 4.39 Å². The molecule has 4 rings (SSSR count). The Morgan fingerprint density at radius 2 is 1.58 bits per heavy atom. The zero-order chi connectivity index (χ0) is 27.2. The van der Waals surface area contributed by atoms with Gasteiger partial charge in [-0.05, 0) is 55.2 Å². The molecule has 0 spiro atoms. The predicted octanol–water partition coefficient (Wildman–Crippen LogP) is 3.30. The summed E-state index contributed by atoms with van der Waals surface area (Å²) in [6.07, 6.45) is 2.96. The minimum absolute atomic E-state index is 0.0138. The Morgan fingerprint density at radius 3 is 2.16 bits per heavy atom. The number of methoxy groups -OCH3 is 1. The molecule has 10 heteroatoms. The highest BCUT2D eigenvalue weighted by molar-refractivity contribution is 6.02. The molecule has 1 aliphatic carbocycles. The van der Waals surface area contributed by atoms with Crippen molar-refractivity contribution >= 4 is 23.7 Å². The Kier molecular flexibility index (Phi) is 8.60. The normalized spacial score (nSPS) is 18.6. The van der Waals surface area contributed by atoms with Crippen molar-refractivity contribution in [2.24, 2.45) is 5.92 Å². The van der Waals surface area contributed by atoms with Crippen molar-refractivity contribution in [1.82, 2.24) is 15.1 Å². The van der Waals surface area contributed by atoms with Crippen LogP contribution in [0.5, 0.6) is 5.75 Å². The molecule has 1 saturated carbocycles. The SMILES string of the molecule is COc1cccc(C(=O)N2CCN(C(=O)c3cccc(F)c3)C2C(=O)NC(CC(=O)O)C2CCCCC2)c1. The molecule has 2 aromatic rings. The molecule has 2 aliphatic rings. The molecule has 1 saturated heterocycles. The molecule has 2 aromatic carbocycles. The smallest absolute Gasteiger partial charge is 0.305 e. The van der Waals surface area contributed by atoms with Crippen molar-refractivity contribution < 1.29 is 33.4 Å². The third-order valence-electron chi connectivity index (χ3n) is 7.26. The maximum Gasteiger partial charge on any atom is 0.305 e.